The molecule has 1 aromatic heterocycles. The molecule has 1 aliphatic rings. The minimum Gasteiger partial charge on any atom is -0.378 e. The standard InChI is InChI=1S/C13H20N2O2/c1-15-10-11(9-14-15)4-5-12(16)8-13(17-2)6-3-7-13/h9-10H,3-8H2,1-2H3. The van der Waals surface area contributed by atoms with E-state index in [4.69, 9.17) is 4.74 Å². The van der Waals surface area contributed by atoms with Crippen LogP contribution in [0.25, 0.3) is 0 Å². The molecule has 0 aromatic carbocycles. The quantitative estimate of drug-likeness (QED) is 0.757. The van der Waals surface area contributed by atoms with Crippen LogP contribution in [-0.2, 0) is 23.0 Å². The summed E-state index contributed by atoms with van der Waals surface area (Å²) in [5.41, 5.74) is 0.993. The molecule has 1 heterocycles. The van der Waals surface area contributed by atoms with Gasteiger partial charge >= 0.3 is 0 Å². The third kappa shape index (κ3) is 2.94. The van der Waals surface area contributed by atoms with Crippen molar-refractivity contribution in [3.8, 4) is 0 Å². The molecule has 0 bridgehead atoms. The van der Waals surface area contributed by atoms with Gasteiger partial charge in [-0.2, -0.15) is 5.10 Å². The monoisotopic (exact) mass is 236 g/mol. The first kappa shape index (κ1) is 12.3. The van der Waals surface area contributed by atoms with Gasteiger partial charge < -0.3 is 4.74 Å². The van der Waals surface area contributed by atoms with E-state index in [2.05, 4.69) is 5.10 Å². The van der Waals surface area contributed by atoms with Gasteiger partial charge in [0.25, 0.3) is 0 Å². The predicted octanol–water partition coefficient (Wildman–Crippen LogP) is 1.88. The third-order valence-electron chi connectivity index (χ3n) is 3.67. The van der Waals surface area contributed by atoms with Gasteiger partial charge in [-0.15, -0.1) is 0 Å². The molecule has 1 fully saturated rings. The van der Waals surface area contributed by atoms with E-state index >= 15 is 0 Å². The Bertz CT molecular complexity index is 388. The van der Waals surface area contributed by atoms with Crippen LogP contribution in [0.1, 0.15) is 37.7 Å². The Morgan fingerprint density at radius 1 is 1.59 bits per heavy atom. The summed E-state index contributed by atoms with van der Waals surface area (Å²) in [5.74, 6) is 0.301. The van der Waals surface area contributed by atoms with Gasteiger partial charge in [0.05, 0.1) is 11.8 Å². The van der Waals surface area contributed by atoms with Gasteiger partial charge in [0.1, 0.15) is 5.78 Å². The number of ketones is 1. The van der Waals surface area contributed by atoms with E-state index < -0.39 is 0 Å². The SMILES string of the molecule is COC1(CC(=O)CCc2cnn(C)c2)CCC1. The largest absolute Gasteiger partial charge is 0.378 e. The van der Waals surface area contributed by atoms with E-state index in [0.717, 1.165) is 24.8 Å². The number of ether oxygens (including phenoxy) is 1. The van der Waals surface area contributed by atoms with Crippen LogP contribution >= 0.6 is 0 Å². The fourth-order valence-electron chi connectivity index (χ4n) is 2.36. The number of hydrogen-bond donors (Lipinski definition) is 0. The lowest BCUT2D eigenvalue weighted by molar-refractivity contribution is -0.132. The van der Waals surface area contributed by atoms with Crippen LogP contribution in [0.2, 0.25) is 0 Å². The summed E-state index contributed by atoms with van der Waals surface area (Å²) in [6, 6.07) is 0. The Kier molecular flexibility index (Phi) is 3.62. The zero-order valence-corrected chi connectivity index (χ0v) is 10.6. The van der Waals surface area contributed by atoms with Crippen molar-refractivity contribution >= 4 is 5.78 Å². The van der Waals surface area contributed by atoms with Crippen LogP contribution in [0.4, 0.5) is 0 Å². The van der Waals surface area contributed by atoms with Gasteiger partial charge in [-0.1, -0.05) is 0 Å². The summed E-state index contributed by atoms with van der Waals surface area (Å²) in [4.78, 5) is 11.9. The summed E-state index contributed by atoms with van der Waals surface area (Å²) in [6.07, 6.45) is 8.98. The Morgan fingerprint density at radius 3 is 2.82 bits per heavy atom. The van der Waals surface area contributed by atoms with Crippen molar-refractivity contribution < 1.29 is 9.53 Å². The summed E-state index contributed by atoms with van der Waals surface area (Å²) >= 11 is 0. The van der Waals surface area contributed by atoms with E-state index in [1.54, 1.807) is 11.8 Å². The second-order valence-electron chi connectivity index (χ2n) is 4.98. The normalized spacial score (nSPS) is 17.8. The molecule has 0 aliphatic heterocycles. The molecule has 0 N–H and O–H groups in total. The fourth-order valence-corrected chi connectivity index (χ4v) is 2.36. The molecular weight excluding hydrogens is 216 g/mol. The maximum absolute atomic E-state index is 11.9. The number of hydrogen-bond acceptors (Lipinski definition) is 3. The lowest BCUT2D eigenvalue weighted by Crippen LogP contribution is -2.41. The second-order valence-corrected chi connectivity index (χ2v) is 4.98. The average molecular weight is 236 g/mol. The molecule has 17 heavy (non-hydrogen) atoms. The smallest absolute Gasteiger partial charge is 0.136 e. The Morgan fingerprint density at radius 2 is 2.35 bits per heavy atom. The number of aryl methyl sites for hydroxylation is 2. The molecule has 0 atom stereocenters. The topological polar surface area (TPSA) is 44.1 Å². The lowest BCUT2D eigenvalue weighted by Gasteiger charge is -2.40. The van der Waals surface area contributed by atoms with Gasteiger partial charge in [-0.3, -0.25) is 9.48 Å². The lowest BCUT2D eigenvalue weighted by atomic mass is 9.76. The maximum Gasteiger partial charge on any atom is 0.136 e. The molecule has 1 saturated carbocycles. The second kappa shape index (κ2) is 5.00. The number of nitrogens with zero attached hydrogens (tertiary/aromatic N) is 2. The molecule has 0 amide bonds. The van der Waals surface area contributed by atoms with Crippen LogP contribution in [0.5, 0.6) is 0 Å². The number of rotatable bonds is 6. The molecule has 1 aromatic rings. The van der Waals surface area contributed by atoms with Crippen molar-refractivity contribution in [2.45, 2.75) is 44.1 Å². The highest BCUT2D eigenvalue weighted by molar-refractivity contribution is 5.79. The molecule has 0 saturated heterocycles. The fraction of sp³-hybridized carbons (Fsp3) is 0.692. The minimum absolute atomic E-state index is 0.133. The first-order valence-electron chi connectivity index (χ1n) is 6.18. The van der Waals surface area contributed by atoms with Crippen molar-refractivity contribution in [1.82, 2.24) is 9.78 Å². The first-order chi connectivity index (χ1) is 8.13. The average Bonchev–Trinajstić information content (AvgIpc) is 2.67. The zero-order valence-electron chi connectivity index (χ0n) is 10.6. The van der Waals surface area contributed by atoms with Crippen molar-refractivity contribution in [2.75, 3.05) is 7.11 Å². The molecule has 1 aliphatic carbocycles. The molecule has 0 radical (unpaired) electrons. The molecule has 94 valence electrons. The maximum atomic E-state index is 11.9. The Balaban J connectivity index is 1.77. The number of Topliss-reactive ketones (excluding diaryl/α,β-unsaturated/α-hetero) is 1. The van der Waals surface area contributed by atoms with Crippen LogP contribution in [-0.4, -0.2) is 28.3 Å². The van der Waals surface area contributed by atoms with Gasteiger partial charge in [0.2, 0.25) is 0 Å². The molecule has 2 rings (SSSR count). The highest BCUT2D eigenvalue weighted by atomic mass is 16.5. The Labute approximate surface area is 102 Å². The highest BCUT2D eigenvalue weighted by Crippen LogP contribution is 2.38. The van der Waals surface area contributed by atoms with Crippen molar-refractivity contribution in [2.24, 2.45) is 7.05 Å². The van der Waals surface area contributed by atoms with Gasteiger partial charge in [-0.05, 0) is 31.2 Å². The van der Waals surface area contributed by atoms with Crippen molar-refractivity contribution in [3.05, 3.63) is 18.0 Å². The van der Waals surface area contributed by atoms with Crippen molar-refractivity contribution in [1.29, 1.82) is 0 Å². The highest BCUT2D eigenvalue weighted by Gasteiger charge is 2.38. The summed E-state index contributed by atoms with van der Waals surface area (Å²) in [6.45, 7) is 0. The number of carbonyl (C=O) groups excluding carboxylic acids is 1. The number of methoxy groups -OCH3 is 1. The van der Waals surface area contributed by atoms with Crippen LogP contribution in [0.15, 0.2) is 12.4 Å². The van der Waals surface area contributed by atoms with Gasteiger partial charge in [0, 0.05) is 33.2 Å². The molecule has 0 unspecified atom stereocenters. The summed E-state index contributed by atoms with van der Waals surface area (Å²) < 4.78 is 7.23. The molecular formula is C13H20N2O2. The molecule has 4 heteroatoms. The van der Waals surface area contributed by atoms with E-state index in [0.29, 0.717) is 18.6 Å². The third-order valence-corrected chi connectivity index (χ3v) is 3.67. The van der Waals surface area contributed by atoms with Gasteiger partial charge in [0.15, 0.2) is 0 Å². The molecule has 0 spiro atoms. The summed E-state index contributed by atoms with van der Waals surface area (Å²) in [7, 11) is 3.60. The number of carbonyl (C=O) groups is 1. The predicted molar refractivity (Wildman–Crippen MR) is 64.7 cm³/mol. The minimum atomic E-state index is -0.133. The Hall–Kier alpha value is -1.16. The van der Waals surface area contributed by atoms with Crippen LogP contribution in [0, 0.1) is 0 Å². The summed E-state index contributed by atoms with van der Waals surface area (Å²) in [5, 5.41) is 4.09. The van der Waals surface area contributed by atoms with Crippen LogP contribution in [0.3, 0.4) is 0 Å². The van der Waals surface area contributed by atoms with E-state index in [1.807, 2.05) is 19.4 Å². The van der Waals surface area contributed by atoms with E-state index in [-0.39, 0.29) is 5.60 Å². The van der Waals surface area contributed by atoms with Gasteiger partial charge in [-0.25, -0.2) is 0 Å². The first-order valence-corrected chi connectivity index (χ1v) is 6.18. The van der Waals surface area contributed by atoms with E-state index in [9.17, 15) is 4.79 Å². The van der Waals surface area contributed by atoms with Crippen molar-refractivity contribution in [3.63, 3.8) is 0 Å². The zero-order chi connectivity index (χ0) is 12.3. The number of aromatic nitrogens is 2. The van der Waals surface area contributed by atoms with Crippen LogP contribution < -0.4 is 0 Å². The molecule has 4 nitrogen and oxygen atoms in total. The van der Waals surface area contributed by atoms with E-state index in [1.165, 1.54) is 6.42 Å².